The number of carbonyl (C=O) groups is 2. The van der Waals surface area contributed by atoms with Gasteiger partial charge in [-0.1, -0.05) is 24.6 Å². The van der Waals surface area contributed by atoms with Crippen LogP contribution in [-0.2, 0) is 9.59 Å². The number of rotatable bonds is 4. The van der Waals surface area contributed by atoms with Crippen LogP contribution in [0.25, 0.3) is 0 Å². The third-order valence-electron chi connectivity index (χ3n) is 5.26. The minimum atomic E-state index is -0.810. The van der Waals surface area contributed by atoms with Gasteiger partial charge in [-0.2, -0.15) is 0 Å². The van der Waals surface area contributed by atoms with Crippen LogP contribution >= 0.6 is 0 Å². The van der Waals surface area contributed by atoms with Crippen molar-refractivity contribution in [2.45, 2.75) is 58.4 Å². The molecule has 1 saturated carbocycles. The molecule has 2 fully saturated rings. The standard InChI is InChI=1S/C19H26N2O2/c1-3-16-6-4-5-13-21(16)18(23)19(11-12-19)17(22)20-15-9-7-14(2)8-10-15/h7-10,16H,3-6,11-13H2,1-2H3,(H,20,22). The number of benzene rings is 1. The predicted octanol–water partition coefficient (Wildman–Crippen LogP) is 3.50. The van der Waals surface area contributed by atoms with Gasteiger partial charge in [0.15, 0.2) is 0 Å². The molecule has 0 spiro atoms. The summed E-state index contributed by atoms with van der Waals surface area (Å²) in [5, 5.41) is 2.94. The Morgan fingerprint density at radius 1 is 1.22 bits per heavy atom. The molecule has 1 aromatic rings. The highest BCUT2D eigenvalue weighted by Gasteiger charge is 2.58. The van der Waals surface area contributed by atoms with Crippen LogP contribution in [0.15, 0.2) is 24.3 Å². The van der Waals surface area contributed by atoms with E-state index in [0.717, 1.165) is 37.1 Å². The first-order valence-electron chi connectivity index (χ1n) is 8.76. The Bertz CT molecular complexity index is 590. The molecule has 23 heavy (non-hydrogen) atoms. The quantitative estimate of drug-likeness (QED) is 0.865. The fraction of sp³-hybridized carbons (Fsp3) is 0.579. The highest BCUT2D eigenvalue weighted by Crippen LogP contribution is 2.49. The second-order valence-electron chi connectivity index (χ2n) is 6.96. The van der Waals surface area contributed by atoms with E-state index in [9.17, 15) is 9.59 Å². The molecule has 1 aliphatic heterocycles. The molecule has 2 aliphatic rings. The Labute approximate surface area is 138 Å². The molecule has 124 valence electrons. The van der Waals surface area contributed by atoms with Crippen molar-refractivity contribution in [1.82, 2.24) is 4.90 Å². The van der Waals surface area contributed by atoms with Crippen LogP contribution in [0.2, 0.25) is 0 Å². The Hall–Kier alpha value is -1.84. The Morgan fingerprint density at radius 2 is 1.91 bits per heavy atom. The lowest BCUT2D eigenvalue weighted by Crippen LogP contribution is -2.49. The zero-order chi connectivity index (χ0) is 16.4. The summed E-state index contributed by atoms with van der Waals surface area (Å²) in [4.78, 5) is 27.7. The Kier molecular flexibility index (Phi) is 4.42. The molecule has 1 heterocycles. The van der Waals surface area contributed by atoms with Gasteiger partial charge in [-0.05, 0) is 57.6 Å². The van der Waals surface area contributed by atoms with E-state index >= 15 is 0 Å². The van der Waals surface area contributed by atoms with Crippen LogP contribution in [-0.4, -0.2) is 29.3 Å². The molecular weight excluding hydrogens is 288 g/mol. The number of nitrogens with zero attached hydrogens (tertiary/aromatic N) is 1. The van der Waals surface area contributed by atoms with Crippen LogP contribution in [0.1, 0.15) is 51.0 Å². The van der Waals surface area contributed by atoms with Crippen LogP contribution in [0.3, 0.4) is 0 Å². The van der Waals surface area contributed by atoms with Gasteiger partial charge in [0.05, 0.1) is 0 Å². The van der Waals surface area contributed by atoms with Crippen molar-refractivity contribution >= 4 is 17.5 Å². The average molecular weight is 314 g/mol. The fourth-order valence-electron chi connectivity index (χ4n) is 3.52. The van der Waals surface area contributed by atoms with E-state index in [4.69, 9.17) is 0 Å². The summed E-state index contributed by atoms with van der Waals surface area (Å²) in [7, 11) is 0. The lowest BCUT2D eigenvalue weighted by Gasteiger charge is -2.37. The maximum Gasteiger partial charge on any atom is 0.240 e. The SMILES string of the molecule is CCC1CCCCN1C(=O)C1(C(=O)Nc2ccc(C)cc2)CC1. The molecule has 0 bridgehead atoms. The second-order valence-corrected chi connectivity index (χ2v) is 6.96. The molecule has 0 radical (unpaired) electrons. The van der Waals surface area contributed by atoms with E-state index in [-0.39, 0.29) is 11.8 Å². The van der Waals surface area contributed by atoms with Gasteiger partial charge in [0.1, 0.15) is 5.41 Å². The lowest BCUT2D eigenvalue weighted by atomic mass is 9.95. The van der Waals surface area contributed by atoms with Gasteiger partial charge in [-0.15, -0.1) is 0 Å². The van der Waals surface area contributed by atoms with Gasteiger partial charge in [-0.25, -0.2) is 0 Å². The highest BCUT2D eigenvalue weighted by molar-refractivity contribution is 6.13. The van der Waals surface area contributed by atoms with Crippen molar-refractivity contribution in [3.63, 3.8) is 0 Å². The minimum absolute atomic E-state index is 0.0497. The molecular formula is C19H26N2O2. The Morgan fingerprint density at radius 3 is 2.52 bits per heavy atom. The molecule has 1 aromatic carbocycles. The number of aryl methyl sites for hydroxylation is 1. The molecule has 1 atom stereocenters. The zero-order valence-corrected chi connectivity index (χ0v) is 14.1. The number of likely N-dealkylation sites (tertiary alicyclic amines) is 1. The first kappa shape index (κ1) is 16.0. The van der Waals surface area contributed by atoms with Crippen molar-refractivity contribution in [2.75, 3.05) is 11.9 Å². The monoisotopic (exact) mass is 314 g/mol. The number of nitrogens with one attached hydrogen (secondary N) is 1. The molecule has 2 amide bonds. The first-order valence-corrected chi connectivity index (χ1v) is 8.76. The number of anilines is 1. The largest absolute Gasteiger partial charge is 0.339 e. The topological polar surface area (TPSA) is 49.4 Å². The molecule has 3 rings (SSSR count). The zero-order valence-electron chi connectivity index (χ0n) is 14.1. The van der Waals surface area contributed by atoms with E-state index in [0.29, 0.717) is 18.9 Å². The second kappa shape index (κ2) is 6.34. The molecule has 0 aromatic heterocycles. The summed E-state index contributed by atoms with van der Waals surface area (Å²) in [6, 6.07) is 8.03. The summed E-state index contributed by atoms with van der Waals surface area (Å²) in [5.74, 6) is -0.0829. The first-order chi connectivity index (χ1) is 11.1. The molecule has 1 N–H and O–H groups in total. The lowest BCUT2D eigenvalue weighted by molar-refractivity contribution is -0.145. The van der Waals surface area contributed by atoms with Crippen molar-refractivity contribution in [3.8, 4) is 0 Å². The van der Waals surface area contributed by atoms with E-state index in [1.165, 1.54) is 6.42 Å². The highest BCUT2D eigenvalue weighted by atomic mass is 16.2. The van der Waals surface area contributed by atoms with Gasteiger partial charge < -0.3 is 10.2 Å². The van der Waals surface area contributed by atoms with E-state index in [1.807, 2.05) is 36.1 Å². The van der Waals surface area contributed by atoms with Crippen LogP contribution in [0.5, 0.6) is 0 Å². The van der Waals surface area contributed by atoms with Crippen molar-refractivity contribution < 1.29 is 9.59 Å². The third kappa shape index (κ3) is 3.12. The molecule has 1 aliphatic carbocycles. The molecule has 4 nitrogen and oxygen atoms in total. The average Bonchev–Trinajstić information content (AvgIpc) is 3.38. The van der Waals surface area contributed by atoms with Gasteiger partial charge >= 0.3 is 0 Å². The molecule has 1 unspecified atom stereocenters. The number of amides is 2. The van der Waals surface area contributed by atoms with Gasteiger partial charge in [-0.3, -0.25) is 9.59 Å². The Balaban J connectivity index is 1.71. The van der Waals surface area contributed by atoms with Gasteiger partial charge in [0.25, 0.3) is 0 Å². The van der Waals surface area contributed by atoms with Crippen LogP contribution in [0, 0.1) is 12.3 Å². The van der Waals surface area contributed by atoms with E-state index < -0.39 is 5.41 Å². The number of carbonyl (C=O) groups excluding carboxylic acids is 2. The van der Waals surface area contributed by atoms with E-state index in [2.05, 4.69) is 12.2 Å². The number of hydrogen-bond acceptors (Lipinski definition) is 2. The van der Waals surface area contributed by atoms with Crippen LogP contribution < -0.4 is 5.32 Å². The van der Waals surface area contributed by atoms with Crippen LogP contribution in [0.4, 0.5) is 5.69 Å². The summed E-state index contributed by atoms with van der Waals surface area (Å²) in [6.45, 7) is 4.94. The summed E-state index contributed by atoms with van der Waals surface area (Å²) >= 11 is 0. The number of piperidine rings is 1. The fourth-order valence-corrected chi connectivity index (χ4v) is 3.52. The van der Waals surface area contributed by atoms with Crippen molar-refractivity contribution in [2.24, 2.45) is 5.41 Å². The van der Waals surface area contributed by atoms with Crippen molar-refractivity contribution in [1.29, 1.82) is 0 Å². The van der Waals surface area contributed by atoms with E-state index in [1.54, 1.807) is 0 Å². The number of hydrogen-bond donors (Lipinski definition) is 1. The maximum atomic E-state index is 13.0. The summed E-state index contributed by atoms with van der Waals surface area (Å²) < 4.78 is 0. The summed E-state index contributed by atoms with van der Waals surface area (Å²) in [6.07, 6.45) is 5.63. The molecule has 4 heteroatoms. The third-order valence-corrected chi connectivity index (χ3v) is 5.26. The van der Waals surface area contributed by atoms with Crippen molar-refractivity contribution in [3.05, 3.63) is 29.8 Å². The maximum absolute atomic E-state index is 13.0. The van der Waals surface area contributed by atoms with Gasteiger partial charge in [0.2, 0.25) is 11.8 Å². The summed E-state index contributed by atoms with van der Waals surface area (Å²) in [5.41, 5.74) is 1.11. The normalized spacial score (nSPS) is 22.5. The molecule has 1 saturated heterocycles. The van der Waals surface area contributed by atoms with Gasteiger partial charge in [0, 0.05) is 18.3 Å². The predicted molar refractivity (Wildman–Crippen MR) is 91.1 cm³/mol. The smallest absolute Gasteiger partial charge is 0.240 e. The minimum Gasteiger partial charge on any atom is -0.339 e.